The number of nitrogens with one attached hydrogen (secondary N) is 1. The van der Waals surface area contributed by atoms with Gasteiger partial charge in [0.25, 0.3) is 0 Å². The molecule has 1 aliphatic rings. The van der Waals surface area contributed by atoms with Gasteiger partial charge < -0.3 is 10.4 Å². The molecule has 0 aromatic carbocycles. The molecule has 1 fully saturated rings. The van der Waals surface area contributed by atoms with Crippen LogP contribution in [0.5, 0.6) is 0 Å². The summed E-state index contributed by atoms with van der Waals surface area (Å²) < 4.78 is 0. The number of anilines is 1. The first-order chi connectivity index (χ1) is 9.03. The van der Waals surface area contributed by atoms with Gasteiger partial charge in [-0.15, -0.1) is 11.3 Å². The minimum atomic E-state index is -0.276. The molecule has 0 saturated heterocycles. The van der Waals surface area contributed by atoms with Gasteiger partial charge in [0.15, 0.2) is 0 Å². The number of hydrogen-bond acceptors (Lipinski definition) is 5. The van der Waals surface area contributed by atoms with Crippen LogP contribution in [-0.4, -0.2) is 27.2 Å². The molecule has 0 radical (unpaired) electrons. The lowest BCUT2D eigenvalue weighted by Crippen LogP contribution is -2.41. The van der Waals surface area contributed by atoms with Crippen molar-refractivity contribution in [1.82, 2.24) is 9.97 Å². The predicted molar refractivity (Wildman–Crippen MR) is 78.7 cm³/mol. The van der Waals surface area contributed by atoms with Crippen molar-refractivity contribution in [1.29, 1.82) is 0 Å². The normalized spacial score (nSPS) is 18.5. The maximum atomic E-state index is 9.72. The van der Waals surface area contributed by atoms with E-state index in [0.717, 1.165) is 21.9 Å². The maximum Gasteiger partial charge on any atom is 0.139 e. The Morgan fingerprint density at radius 3 is 2.79 bits per heavy atom. The van der Waals surface area contributed by atoms with E-state index >= 15 is 0 Å². The molecule has 1 saturated carbocycles. The second-order valence-corrected chi connectivity index (χ2v) is 6.55. The third-order valence-corrected chi connectivity index (χ3v) is 4.93. The van der Waals surface area contributed by atoms with E-state index < -0.39 is 0 Å². The molecule has 1 unspecified atom stereocenters. The van der Waals surface area contributed by atoms with Crippen LogP contribution in [0.1, 0.15) is 31.2 Å². The van der Waals surface area contributed by atoms with Crippen LogP contribution in [0.3, 0.4) is 0 Å². The molecule has 2 aromatic heterocycles. The summed E-state index contributed by atoms with van der Waals surface area (Å²) in [4.78, 5) is 10.0. The van der Waals surface area contributed by atoms with Crippen molar-refractivity contribution in [2.45, 2.75) is 39.2 Å². The van der Waals surface area contributed by atoms with Gasteiger partial charge in [-0.3, -0.25) is 0 Å². The van der Waals surface area contributed by atoms with Crippen LogP contribution in [0, 0.1) is 19.8 Å². The minimum absolute atomic E-state index is 0.130. The fourth-order valence-electron chi connectivity index (χ4n) is 2.54. The first-order valence-corrected chi connectivity index (χ1v) is 7.53. The van der Waals surface area contributed by atoms with Crippen LogP contribution in [-0.2, 0) is 0 Å². The Morgan fingerprint density at radius 2 is 2.16 bits per heavy atom. The van der Waals surface area contributed by atoms with Gasteiger partial charge in [0, 0.05) is 0 Å². The zero-order valence-corrected chi connectivity index (χ0v) is 12.3. The van der Waals surface area contributed by atoms with E-state index in [-0.39, 0.29) is 12.1 Å². The van der Waals surface area contributed by atoms with Crippen molar-refractivity contribution < 1.29 is 5.11 Å². The van der Waals surface area contributed by atoms with Gasteiger partial charge in [-0.2, -0.15) is 0 Å². The van der Waals surface area contributed by atoms with E-state index in [4.69, 9.17) is 0 Å². The maximum absolute atomic E-state index is 9.72. The molecule has 0 aliphatic heterocycles. The van der Waals surface area contributed by atoms with Crippen molar-refractivity contribution in [2.75, 3.05) is 11.9 Å². The number of aromatic nitrogens is 2. The highest BCUT2D eigenvalue weighted by Gasteiger charge is 2.41. The molecule has 0 bridgehead atoms. The summed E-state index contributed by atoms with van der Waals surface area (Å²) in [5.41, 5.74) is 0.917. The third kappa shape index (κ3) is 2.21. The topological polar surface area (TPSA) is 58.0 Å². The molecule has 5 heteroatoms. The number of aliphatic hydroxyl groups excluding tert-OH is 1. The zero-order valence-electron chi connectivity index (χ0n) is 11.5. The van der Waals surface area contributed by atoms with Crippen LogP contribution in [0.2, 0.25) is 0 Å². The summed E-state index contributed by atoms with van der Waals surface area (Å²) in [5.74, 6) is 2.18. The van der Waals surface area contributed by atoms with Gasteiger partial charge >= 0.3 is 0 Å². The second-order valence-electron chi connectivity index (χ2n) is 5.69. The number of thiophene rings is 1. The molecule has 2 aromatic rings. The molecule has 2 N–H and O–H groups in total. The highest BCUT2D eigenvalue weighted by Crippen LogP contribution is 2.42. The summed E-state index contributed by atoms with van der Waals surface area (Å²) >= 11 is 1.65. The molecule has 3 rings (SSSR count). The average molecular weight is 277 g/mol. The van der Waals surface area contributed by atoms with Crippen molar-refractivity contribution in [3.8, 4) is 0 Å². The number of nitrogens with zero attached hydrogens (tertiary/aromatic N) is 2. The van der Waals surface area contributed by atoms with E-state index in [1.165, 1.54) is 18.4 Å². The summed E-state index contributed by atoms with van der Waals surface area (Å²) in [5, 5.41) is 16.4. The highest BCUT2D eigenvalue weighted by atomic mass is 32.1. The van der Waals surface area contributed by atoms with Crippen molar-refractivity contribution >= 4 is 27.4 Å². The largest absolute Gasteiger partial charge is 0.394 e. The molecule has 1 aliphatic carbocycles. The summed E-state index contributed by atoms with van der Waals surface area (Å²) in [7, 11) is 0. The standard InChI is InChI=1S/C14H19N3OS/c1-8-6-19-13-11(8)12(15-9(2)16-13)17-14(3,7-18)10-4-5-10/h6,10,18H,4-5,7H2,1-3H3,(H,15,16,17). The SMILES string of the molecule is Cc1nc(NC(C)(CO)C2CC2)c2c(C)csc2n1. The molecular formula is C14H19N3OS. The quantitative estimate of drug-likeness (QED) is 0.902. The van der Waals surface area contributed by atoms with Crippen LogP contribution in [0.15, 0.2) is 5.38 Å². The zero-order chi connectivity index (χ0) is 13.6. The Labute approximate surface area is 116 Å². The van der Waals surface area contributed by atoms with E-state index in [2.05, 4.69) is 34.5 Å². The van der Waals surface area contributed by atoms with Crippen LogP contribution in [0.4, 0.5) is 5.82 Å². The lowest BCUT2D eigenvalue weighted by molar-refractivity contribution is 0.206. The molecule has 0 amide bonds. The molecule has 4 nitrogen and oxygen atoms in total. The third-order valence-electron chi connectivity index (χ3n) is 3.94. The Bertz CT molecular complexity index is 620. The number of aryl methyl sites for hydroxylation is 2. The van der Waals surface area contributed by atoms with Gasteiger partial charge in [0.2, 0.25) is 0 Å². The molecule has 19 heavy (non-hydrogen) atoms. The number of fused-ring (bicyclic) bond motifs is 1. The molecule has 0 spiro atoms. The smallest absolute Gasteiger partial charge is 0.139 e. The van der Waals surface area contributed by atoms with Crippen LogP contribution >= 0.6 is 11.3 Å². The van der Waals surface area contributed by atoms with Crippen molar-refractivity contribution in [3.63, 3.8) is 0 Å². The Balaban J connectivity index is 2.06. The molecule has 1 atom stereocenters. The van der Waals surface area contributed by atoms with Gasteiger partial charge in [-0.25, -0.2) is 9.97 Å². The lowest BCUT2D eigenvalue weighted by atomic mass is 9.97. The number of rotatable bonds is 4. The Kier molecular flexibility index (Phi) is 2.98. The fourth-order valence-corrected chi connectivity index (χ4v) is 3.51. The van der Waals surface area contributed by atoms with Gasteiger partial charge in [0.1, 0.15) is 16.5 Å². The number of aliphatic hydroxyl groups is 1. The van der Waals surface area contributed by atoms with Crippen LogP contribution in [0.25, 0.3) is 10.2 Å². The number of hydrogen-bond donors (Lipinski definition) is 2. The van der Waals surface area contributed by atoms with Gasteiger partial charge in [-0.1, -0.05) is 0 Å². The Hall–Kier alpha value is -1.20. The predicted octanol–water partition coefficient (Wildman–Crippen LogP) is 2.88. The van der Waals surface area contributed by atoms with Crippen LogP contribution < -0.4 is 5.32 Å². The van der Waals surface area contributed by atoms with E-state index in [9.17, 15) is 5.11 Å². The van der Waals surface area contributed by atoms with E-state index in [1.54, 1.807) is 11.3 Å². The average Bonchev–Trinajstić information content (AvgIpc) is 3.15. The molecule has 102 valence electrons. The summed E-state index contributed by atoms with van der Waals surface area (Å²) in [6.45, 7) is 6.20. The first kappa shape index (κ1) is 12.8. The van der Waals surface area contributed by atoms with Gasteiger partial charge in [-0.05, 0) is 50.5 Å². The minimum Gasteiger partial charge on any atom is -0.394 e. The van der Waals surface area contributed by atoms with Crippen molar-refractivity contribution in [2.24, 2.45) is 5.92 Å². The lowest BCUT2D eigenvalue weighted by Gasteiger charge is -2.29. The summed E-state index contributed by atoms with van der Waals surface area (Å²) in [6.07, 6.45) is 2.36. The summed E-state index contributed by atoms with van der Waals surface area (Å²) in [6, 6.07) is 0. The van der Waals surface area contributed by atoms with E-state index in [1.807, 2.05) is 6.92 Å². The monoisotopic (exact) mass is 277 g/mol. The molecular weight excluding hydrogens is 258 g/mol. The first-order valence-electron chi connectivity index (χ1n) is 6.65. The Morgan fingerprint density at radius 1 is 1.42 bits per heavy atom. The van der Waals surface area contributed by atoms with E-state index in [0.29, 0.717) is 5.92 Å². The van der Waals surface area contributed by atoms with Gasteiger partial charge in [0.05, 0.1) is 17.5 Å². The second kappa shape index (κ2) is 4.42. The van der Waals surface area contributed by atoms with Crippen molar-refractivity contribution in [3.05, 3.63) is 16.8 Å². The molecule has 2 heterocycles. The highest BCUT2D eigenvalue weighted by molar-refractivity contribution is 7.17. The fraction of sp³-hybridized carbons (Fsp3) is 0.571.